The second-order valence-corrected chi connectivity index (χ2v) is 6.55. The van der Waals surface area contributed by atoms with E-state index in [1.54, 1.807) is 4.57 Å². The SMILES string of the molecule is CCn1c(=O)[nH]c2ccc(C3(O)CCC4(CC3)OCCO4)cc21. The minimum absolute atomic E-state index is 0.109. The summed E-state index contributed by atoms with van der Waals surface area (Å²) in [7, 11) is 0. The van der Waals surface area contributed by atoms with Crippen LogP contribution in [-0.4, -0.2) is 33.7 Å². The molecule has 4 rings (SSSR count). The molecule has 1 saturated heterocycles. The van der Waals surface area contributed by atoms with Gasteiger partial charge < -0.3 is 19.6 Å². The maximum absolute atomic E-state index is 11.9. The molecule has 0 radical (unpaired) electrons. The average molecular weight is 318 g/mol. The van der Waals surface area contributed by atoms with E-state index in [9.17, 15) is 9.90 Å². The van der Waals surface area contributed by atoms with Gasteiger partial charge in [-0.25, -0.2) is 4.79 Å². The van der Waals surface area contributed by atoms with Gasteiger partial charge in [-0.2, -0.15) is 0 Å². The van der Waals surface area contributed by atoms with Gasteiger partial charge in [0.05, 0.1) is 29.8 Å². The molecule has 2 N–H and O–H groups in total. The number of ether oxygens (including phenoxy) is 2. The van der Waals surface area contributed by atoms with Crippen LogP contribution in [0.1, 0.15) is 38.2 Å². The number of benzene rings is 1. The van der Waals surface area contributed by atoms with Gasteiger partial charge in [-0.05, 0) is 37.5 Å². The maximum Gasteiger partial charge on any atom is 0.326 e. The summed E-state index contributed by atoms with van der Waals surface area (Å²) in [6.45, 7) is 3.81. The lowest BCUT2D eigenvalue weighted by molar-refractivity contribution is -0.204. The predicted octanol–water partition coefficient (Wildman–Crippen LogP) is 1.85. The molecular weight excluding hydrogens is 296 g/mol. The van der Waals surface area contributed by atoms with Crippen molar-refractivity contribution in [1.82, 2.24) is 9.55 Å². The van der Waals surface area contributed by atoms with Crippen molar-refractivity contribution < 1.29 is 14.6 Å². The summed E-state index contributed by atoms with van der Waals surface area (Å²) in [4.78, 5) is 14.8. The highest BCUT2D eigenvalue weighted by Gasteiger charge is 2.46. The third-order valence-electron chi connectivity index (χ3n) is 5.28. The summed E-state index contributed by atoms with van der Waals surface area (Å²) in [5, 5.41) is 11.1. The van der Waals surface area contributed by atoms with Gasteiger partial charge in [0, 0.05) is 19.4 Å². The van der Waals surface area contributed by atoms with Crippen LogP contribution in [0.15, 0.2) is 23.0 Å². The molecule has 23 heavy (non-hydrogen) atoms. The number of nitrogens with zero attached hydrogens (tertiary/aromatic N) is 1. The zero-order valence-electron chi connectivity index (χ0n) is 13.3. The molecule has 2 heterocycles. The van der Waals surface area contributed by atoms with Crippen LogP contribution < -0.4 is 5.69 Å². The number of H-pyrrole nitrogens is 1. The van der Waals surface area contributed by atoms with Crippen LogP contribution in [0.25, 0.3) is 11.0 Å². The van der Waals surface area contributed by atoms with Crippen LogP contribution >= 0.6 is 0 Å². The third kappa shape index (κ3) is 2.33. The van der Waals surface area contributed by atoms with Crippen molar-refractivity contribution in [3.63, 3.8) is 0 Å². The molecule has 0 amide bonds. The molecule has 1 saturated carbocycles. The average Bonchev–Trinajstić information content (AvgIpc) is 3.13. The highest BCUT2D eigenvalue weighted by molar-refractivity contribution is 5.76. The molecule has 6 nitrogen and oxygen atoms in total. The van der Waals surface area contributed by atoms with Crippen LogP contribution in [0.5, 0.6) is 0 Å². The molecule has 6 heteroatoms. The number of nitrogens with one attached hydrogen (secondary N) is 1. The molecule has 124 valence electrons. The van der Waals surface area contributed by atoms with Crippen molar-refractivity contribution in [1.29, 1.82) is 0 Å². The van der Waals surface area contributed by atoms with E-state index in [-0.39, 0.29) is 5.69 Å². The Morgan fingerprint density at radius 1 is 1.22 bits per heavy atom. The van der Waals surface area contributed by atoms with E-state index in [0.717, 1.165) is 16.6 Å². The first-order chi connectivity index (χ1) is 11.1. The highest BCUT2D eigenvalue weighted by Crippen LogP contribution is 2.45. The third-order valence-corrected chi connectivity index (χ3v) is 5.28. The molecular formula is C17H22N2O4. The number of aryl methyl sites for hydroxylation is 1. The van der Waals surface area contributed by atoms with E-state index in [4.69, 9.17) is 9.47 Å². The molecule has 1 aromatic carbocycles. The van der Waals surface area contributed by atoms with Gasteiger partial charge in [0.1, 0.15) is 0 Å². The van der Waals surface area contributed by atoms with Gasteiger partial charge in [-0.15, -0.1) is 0 Å². The van der Waals surface area contributed by atoms with Crippen molar-refractivity contribution in [2.75, 3.05) is 13.2 Å². The van der Waals surface area contributed by atoms with Crippen molar-refractivity contribution in [2.24, 2.45) is 0 Å². The zero-order valence-corrected chi connectivity index (χ0v) is 13.3. The van der Waals surface area contributed by atoms with E-state index in [2.05, 4.69) is 4.98 Å². The summed E-state index contributed by atoms with van der Waals surface area (Å²) in [5.74, 6) is -0.490. The Hall–Kier alpha value is -1.63. The minimum Gasteiger partial charge on any atom is -0.385 e. The second-order valence-electron chi connectivity index (χ2n) is 6.55. The fourth-order valence-corrected chi connectivity index (χ4v) is 3.87. The van der Waals surface area contributed by atoms with E-state index in [1.165, 1.54) is 0 Å². The number of aliphatic hydroxyl groups is 1. The quantitative estimate of drug-likeness (QED) is 0.886. The number of aromatic nitrogens is 2. The first kappa shape index (κ1) is 14.9. The van der Waals surface area contributed by atoms with Crippen molar-refractivity contribution in [3.05, 3.63) is 34.2 Å². The van der Waals surface area contributed by atoms with Gasteiger partial charge in [0.25, 0.3) is 0 Å². The van der Waals surface area contributed by atoms with Gasteiger partial charge in [-0.1, -0.05) is 6.07 Å². The number of hydrogen-bond donors (Lipinski definition) is 2. The predicted molar refractivity (Wildman–Crippen MR) is 85.2 cm³/mol. The number of rotatable bonds is 2. The van der Waals surface area contributed by atoms with Crippen molar-refractivity contribution in [2.45, 2.75) is 50.5 Å². The Morgan fingerprint density at radius 2 is 1.91 bits per heavy atom. The van der Waals surface area contributed by atoms with Gasteiger partial charge in [0.15, 0.2) is 5.79 Å². The summed E-state index contributed by atoms with van der Waals surface area (Å²) in [6.07, 6.45) is 2.57. The van der Waals surface area contributed by atoms with Crippen LogP contribution in [0.2, 0.25) is 0 Å². The number of imidazole rings is 1. The van der Waals surface area contributed by atoms with E-state index < -0.39 is 11.4 Å². The molecule has 1 spiro atoms. The standard InChI is InChI=1S/C17H22N2O4/c1-2-19-14-11-12(3-4-13(14)18-15(19)20)16(21)5-7-17(8-6-16)22-9-10-23-17/h3-4,11,21H,2,5-10H2,1H3,(H,18,20). The van der Waals surface area contributed by atoms with Crippen LogP contribution in [0, 0.1) is 0 Å². The molecule has 2 aromatic rings. The molecule has 1 aromatic heterocycles. The van der Waals surface area contributed by atoms with E-state index in [0.29, 0.717) is 45.4 Å². The van der Waals surface area contributed by atoms with Crippen molar-refractivity contribution >= 4 is 11.0 Å². The van der Waals surface area contributed by atoms with Crippen LogP contribution in [0.3, 0.4) is 0 Å². The Labute approximate surface area is 134 Å². The summed E-state index contributed by atoms with van der Waals surface area (Å²) in [5.41, 5.74) is 1.51. The zero-order chi connectivity index (χ0) is 16.1. The molecule has 2 aliphatic rings. The summed E-state index contributed by atoms with van der Waals surface area (Å²) < 4.78 is 13.2. The largest absolute Gasteiger partial charge is 0.385 e. The maximum atomic E-state index is 11.9. The highest BCUT2D eigenvalue weighted by atomic mass is 16.7. The Balaban J connectivity index is 1.67. The Bertz CT molecular complexity index is 775. The fourth-order valence-electron chi connectivity index (χ4n) is 3.87. The molecule has 0 atom stereocenters. The van der Waals surface area contributed by atoms with Crippen molar-refractivity contribution in [3.8, 4) is 0 Å². The van der Waals surface area contributed by atoms with E-state index in [1.807, 2.05) is 25.1 Å². The van der Waals surface area contributed by atoms with Gasteiger partial charge >= 0.3 is 5.69 Å². The second kappa shape index (κ2) is 5.19. The number of hydrogen-bond acceptors (Lipinski definition) is 4. The summed E-state index contributed by atoms with van der Waals surface area (Å²) in [6, 6.07) is 5.72. The number of fused-ring (bicyclic) bond motifs is 1. The molecule has 2 fully saturated rings. The lowest BCUT2D eigenvalue weighted by atomic mass is 9.77. The van der Waals surface area contributed by atoms with Gasteiger partial charge in [0.2, 0.25) is 0 Å². The molecule has 1 aliphatic carbocycles. The molecule has 0 unspecified atom stereocenters. The number of aromatic amines is 1. The first-order valence-electron chi connectivity index (χ1n) is 8.29. The molecule has 1 aliphatic heterocycles. The minimum atomic E-state index is -0.888. The smallest absolute Gasteiger partial charge is 0.326 e. The Morgan fingerprint density at radius 3 is 2.57 bits per heavy atom. The Kier molecular flexibility index (Phi) is 3.37. The van der Waals surface area contributed by atoms with E-state index >= 15 is 0 Å². The summed E-state index contributed by atoms with van der Waals surface area (Å²) >= 11 is 0. The fraction of sp³-hybridized carbons (Fsp3) is 0.588. The first-order valence-corrected chi connectivity index (χ1v) is 8.29. The lowest BCUT2D eigenvalue weighted by Crippen LogP contribution is -2.42. The van der Waals surface area contributed by atoms with Crippen LogP contribution in [-0.2, 0) is 21.6 Å². The normalized spacial score (nSPS) is 22.9. The van der Waals surface area contributed by atoms with Crippen LogP contribution in [0.4, 0.5) is 0 Å². The van der Waals surface area contributed by atoms with Gasteiger partial charge in [-0.3, -0.25) is 4.57 Å². The topological polar surface area (TPSA) is 76.5 Å². The molecule has 0 bridgehead atoms. The monoisotopic (exact) mass is 318 g/mol. The lowest BCUT2D eigenvalue weighted by Gasteiger charge is -2.40.